The van der Waals surface area contributed by atoms with Gasteiger partial charge in [0.1, 0.15) is 5.75 Å². The van der Waals surface area contributed by atoms with E-state index in [1.165, 1.54) is 6.08 Å². The monoisotopic (exact) mass is 249 g/mol. The zero-order valence-electron chi connectivity index (χ0n) is 10.1. The number of aliphatic carboxylic acids is 1. The molecule has 5 nitrogen and oxygen atoms in total. The fraction of sp³-hybridized carbons (Fsp3) is 0.231. The van der Waals surface area contributed by atoms with E-state index in [2.05, 4.69) is 5.32 Å². The topological polar surface area (TPSA) is 75.6 Å². The lowest BCUT2D eigenvalue weighted by molar-refractivity contribution is -0.131. The van der Waals surface area contributed by atoms with Crippen molar-refractivity contribution in [1.29, 1.82) is 0 Å². The Balaban J connectivity index is 2.59. The molecular weight excluding hydrogens is 234 g/mol. The molecule has 0 saturated carbocycles. The lowest BCUT2D eigenvalue weighted by Crippen LogP contribution is -2.28. The summed E-state index contributed by atoms with van der Waals surface area (Å²) in [5.74, 6) is -0.679. The average molecular weight is 249 g/mol. The fourth-order valence-electron chi connectivity index (χ4n) is 1.27. The maximum absolute atomic E-state index is 11.2. The highest BCUT2D eigenvalue weighted by atomic mass is 16.5. The van der Waals surface area contributed by atoms with Crippen LogP contribution < -0.4 is 10.1 Å². The maximum atomic E-state index is 11.2. The summed E-state index contributed by atoms with van der Waals surface area (Å²) in [7, 11) is 0. The van der Waals surface area contributed by atoms with Crippen molar-refractivity contribution in [3.8, 4) is 5.75 Å². The standard InChI is InChI=1S/C13H15NO4/c1-2-14-12(15)9-18-11-5-3-4-10(8-11)6-7-13(16)17/h3-8H,2,9H2,1H3,(H,14,15)(H,16,17)/b7-6+. The van der Waals surface area contributed by atoms with Crippen LogP contribution in [0.25, 0.3) is 6.08 Å². The van der Waals surface area contributed by atoms with Crippen LogP contribution in [0.15, 0.2) is 30.3 Å². The third-order valence-electron chi connectivity index (χ3n) is 2.02. The lowest BCUT2D eigenvalue weighted by Gasteiger charge is -2.06. The molecule has 2 N–H and O–H groups in total. The van der Waals surface area contributed by atoms with Crippen LogP contribution in [0.4, 0.5) is 0 Å². The van der Waals surface area contributed by atoms with Crippen LogP contribution in [0.5, 0.6) is 5.75 Å². The minimum Gasteiger partial charge on any atom is -0.484 e. The second-order valence-electron chi connectivity index (χ2n) is 3.49. The molecule has 96 valence electrons. The number of benzene rings is 1. The summed E-state index contributed by atoms with van der Waals surface area (Å²) in [4.78, 5) is 21.6. The molecule has 0 aliphatic heterocycles. The van der Waals surface area contributed by atoms with Crippen LogP contribution in [0.3, 0.4) is 0 Å². The summed E-state index contributed by atoms with van der Waals surface area (Å²) in [5, 5.41) is 11.1. The van der Waals surface area contributed by atoms with Crippen LogP contribution in [-0.4, -0.2) is 30.1 Å². The third-order valence-corrected chi connectivity index (χ3v) is 2.02. The highest BCUT2D eigenvalue weighted by Crippen LogP contribution is 2.14. The highest BCUT2D eigenvalue weighted by Gasteiger charge is 2.01. The van der Waals surface area contributed by atoms with Gasteiger partial charge in [0.15, 0.2) is 6.61 Å². The number of nitrogens with one attached hydrogen (secondary N) is 1. The normalized spacial score (nSPS) is 10.3. The minimum atomic E-state index is -1.01. The van der Waals surface area contributed by atoms with E-state index in [0.29, 0.717) is 17.9 Å². The summed E-state index contributed by atoms with van der Waals surface area (Å²) in [6, 6.07) is 6.85. The highest BCUT2D eigenvalue weighted by molar-refractivity contribution is 5.85. The molecular formula is C13H15NO4. The molecule has 0 unspecified atom stereocenters. The summed E-state index contributed by atoms with van der Waals surface area (Å²) in [6.45, 7) is 2.33. The molecule has 0 spiro atoms. The Hall–Kier alpha value is -2.30. The van der Waals surface area contributed by atoms with Crippen molar-refractivity contribution in [3.05, 3.63) is 35.9 Å². The van der Waals surface area contributed by atoms with Gasteiger partial charge in [-0.3, -0.25) is 4.79 Å². The number of carbonyl (C=O) groups is 2. The molecule has 0 aliphatic rings. The number of ether oxygens (including phenoxy) is 1. The van der Waals surface area contributed by atoms with E-state index in [-0.39, 0.29) is 12.5 Å². The first-order valence-corrected chi connectivity index (χ1v) is 5.52. The van der Waals surface area contributed by atoms with Gasteiger partial charge in [0.2, 0.25) is 0 Å². The van der Waals surface area contributed by atoms with Crippen LogP contribution in [0, 0.1) is 0 Å². The van der Waals surface area contributed by atoms with E-state index in [1.807, 2.05) is 6.92 Å². The van der Waals surface area contributed by atoms with Gasteiger partial charge in [-0.25, -0.2) is 4.79 Å². The van der Waals surface area contributed by atoms with E-state index >= 15 is 0 Å². The predicted octanol–water partition coefficient (Wildman–Crippen LogP) is 1.30. The zero-order valence-corrected chi connectivity index (χ0v) is 10.1. The average Bonchev–Trinajstić information content (AvgIpc) is 2.35. The van der Waals surface area contributed by atoms with Crippen LogP contribution in [0.2, 0.25) is 0 Å². The molecule has 0 aliphatic carbocycles. The van der Waals surface area contributed by atoms with Crippen molar-refractivity contribution in [2.45, 2.75) is 6.92 Å². The van der Waals surface area contributed by atoms with E-state index in [4.69, 9.17) is 9.84 Å². The maximum Gasteiger partial charge on any atom is 0.328 e. The van der Waals surface area contributed by atoms with Gasteiger partial charge in [0, 0.05) is 12.6 Å². The van der Waals surface area contributed by atoms with Crippen molar-refractivity contribution in [3.63, 3.8) is 0 Å². The first-order chi connectivity index (χ1) is 8.61. The second kappa shape index (κ2) is 7.11. The number of carboxylic acid groups (broad SMARTS) is 1. The predicted molar refractivity (Wildman–Crippen MR) is 67.3 cm³/mol. The van der Waals surface area contributed by atoms with Crippen LogP contribution >= 0.6 is 0 Å². The summed E-state index contributed by atoms with van der Waals surface area (Å²) in [6.07, 6.45) is 2.50. The van der Waals surface area contributed by atoms with Crippen molar-refractivity contribution < 1.29 is 19.4 Å². The van der Waals surface area contributed by atoms with Gasteiger partial charge in [-0.1, -0.05) is 12.1 Å². The van der Waals surface area contributed by atoms with Gasteiger partial charge in [0.05, 0.1) is 0 Å². The van der Waals surface area contributed by atoms with E-state index in [9.17, 15) is 9.59 Å². The first-order valence-electron chi connectivity index (χ1n) is 5.52. The fourth-order valence-corrected chi connectivity index (χ4v) is 1.27. The van der Waals surface area contributed by atoms with E-state index in [1.54, 1.807) is 24.3 Å². The van der Waals surface area contributed by atoms with Crippen molar-refractivity contribution in [2.75, 3.05) is 13.2 Å². The number of hydrogen-bond acceptors (Lipinski definition) is 3. The molecule has 0 heterocycles. The van der Waals surface area contributed by atoms with Gasteiger partial charge in [-0.15, -0.1) is 0 Å². The minimum absolute atomic E-state index is 0.0556. The SMILES string of the molecule is CCNC(=O)COc1cccc(/C=C/C(=O)O)c1. The molecule has 0 saturated heterocycles. The molecule has 1 rings (SSSR count). The summed E-state index contributed by atoms with van der Waals surface area (Å²) in [5.41, 5.74) is 0.700. The summed E-state index contributed by atoms with van der Waals surface area (Å²) < 4.78 is 5.27. The molecule has 0 aromatic heterocycles. The van der Waals surface area contributed by atoms with Gasteiger partial charge >= 0.3 is 5.97 Å². The molecule has 0 atom stereocenters. The van der Waals surface area contributed by atoms with Crippen molar-refractivity contribution in [1.82, 2.24) is 5.32 Å². The number of amides is 1. The Bertz CT molecular complexity index is 454. The Morgan fingerprint density at radius 3 is 2.89 bits per heavy atom. The Morgan fingerprint density at radius 2 is 2.22 bits per heavy atom. The third kappa shape index (κ3) is 5.16. The molecule has 5 heteroatoms. The molecule has 0 fully saturated rings. The van der Waals surface area contributed by atoms with Crippen LogP contribution in [-0.2, 0) is 9.59 Å². The first kappa shape index (κ1) is 13.8. The van der Waals surface area contributed by atoms with Gasteiger partial charge in [-0.05, 0) is 30.7 Å². The van der Waals surface area contributed by atoms with Gasteiger partial charge in [0.25, 0.3) is 5.91 Å². The van der Waals surface area contributed by atoms with Crippen molar-refractivity contribution >= 4 is 18.0 Å². The van der Waals surface area contributed by atoms with Gasteiger partial charge < -0.3 is 15.2 Å². The Labute approximate surface area is 105 Å². The number of likely N-dealkylation sites (N-methyl/N-ethyl adjacent to an activating group) is 1. The largest absolute Gasteiger partial charge is 0.484 e. The number of rotatable bonds is 6. The molecule has 1 aromatic rings. The Kier molecular flexibility index (Phi) is 5.44. The Morgan fingerprint density at radius 1 is 1.44 bits per heavy atom. The van der Waals surface area contributed by atoms with Gasteiger partial charge in [-0.2, -0.15) is 0 Å². The zero-order chi connectivity index (χ0) is 13.4. The molecule has 1 amide bonds. The number of carbonyl (C=O) groups excluding carboxylic acids is 1. The quantitative estimate of drug-likeness (QED) is 0.745. The molecule has 1 aromatic carbocycles. The van der Waals surface area contributed by atoms with E-state index < -0.39 is 5.97 Å². The molecule has 0 radical (unpaired) electrons. The molecule has 18 heavy (non-hydrogen) atoms. The van der Waals surface area contributed by atoms with Crippen LogP contribution in [0.1, 0.15) is 12.5 Å². The second-order valence-corrected chi connectivity index (χ2v) is 3.49. The van der Waals surface area contributed by atoms with E-state index in [0.717, 1.165) is 6.08 Å². The number of hydrogen-bond donors (Lipinski definition) is 2. The lowest BCUT2D eigenvalue weighted by atomic mass is 10.2. The summed E-state index contributed by atoms with van der Waals surface area (Å²) >= 11 is 0. The number of carboxylic acids is 1. The van der Waals surface area contributed by atoms with Crippen molar-refractivity contribution in [2.24, 2.45) is 0 Å². The molecule has 0 bridgehead atoms. The smallest absolute Gasteiger partial charge is 0.328 e.